The lowest BCUT2D eigenvalue weighted by atomic mass is 10.0. The molecule has 4 heterocycles. The van der Waals surface area contributed by atoms with Crippen molar-refractivity contribution in [2.45, 2.75) is 38.9 Å². The summed E-state index contributed by atoms with van der Waals surface area (Å²) in [6.07, 6.45) is 7.84. The van der Waals surface area contributed by atoms with Gasteiger partial charge in [-0.2, -0.15) is 0 Å². The Morgan fingerprint density at radius 2 is 1.31 bits per heavy atom. The highest BCUT2D eigenvalue weighted by atomic mass is 32.1. The van der Waals surface area contributed by atoms with Crippen molar-refractivity contribution in [1.29, 1.82) is 0 Å². The highest BCUT2D eigenvalue weighted by Crippen LogP contribution is 2.42. The molecule has 2 aromatic carbocycles. The molecule has 0 aliphatic carbocycles. The number of rotatable bonds is 14. The van der Waals surface area contributed by atoms with Crippen molar-refractivity contribution in [2.75, 3.05) is 60.6 Å². The number of anilines is 1. The largest absolute Gasteiger partial charge is 0.493 e. The molecule has 0 N–H and O–H groups in total. The van der Waals surface area contributed by atoms with Gasteiger partial charge in [0.05, 0.1) is 53.4 Å². The highest BCUT2D eigenvalue weighted by molar-refractivity contribution is 7.14. The Morgan fingerprint density at radius 3 is 1.86 bits per heavy atom. The van der Waals surface area contributed by atoms with Crippen LogP contribution in [0.2, 0.25) is 0 Å². The fourth-order valence-electron chi connectivity index (χ4n) is 6.74. The summed E-state index contributed by atoms with van der Waals surface area (Å²) < 4.78 is 33.5. The van der Waals surface area contributed by atoms with Crippen molar-refractivity contribution in [1.82, 2.24) is 14.9 Å². The van der Waals surface area contributed by atoms with E-state index in [1.807, 2.05) is 54.2 Å². The Labute approximate surface area is 304 Å². The molecule has 10 nitrogen and oxygen atoms in total. The predicted octanol–water partition coefficient (Wildman–Crippen LogP) is 7.90. The fourth-order valence-corrected chi connectivity index (χ4v) is 7.71. The Hall–Kier alpha value is -5.00. The van der Waals surface area contributed by atoms with Gasteiger partial charge in [-0.3, -0.25) is 14.9 Å². The molecule has 1 fully saturated rings. The Bertz CT molecular complexity index is 1890. The summed E-state index contributed by atoms with van der Waals surface area (Å²) in [4.78, 5) is 14.4. The number of methoxy groups -OCH3 is 6. The summed E-state index contributed by atoms with van der Waals surface area (Å²) in [5.74, 6) is 3.58. The van der Waals surface area contributed by atoms with E-state index in [0.29, 0.717) is 40.5 Å². The van der Waals surface area contributed by atoms with Crippen LogP contribution in [0.5, 0.6) is 34.5 Å². The van der Waals surface area contributed by atoms with E-state index in [-0.39, 0.29) is 0 Å². The van der Waals surface area contributed by atoms with E-state index in [1.165, 1.54) is 21.7 Å². The molecule has 0 atom stereocenters. The molecule has 3 aromatic heterocycles. The molecule has 0 spiro atoms. The minimum absolute atomic E-state index is 0.403. The van der Waals surface area contributed by atoms with E-state index in [0.717, 1.165) is 61.4 Å². The van der Waals surface area contributed by atoms with Gasteiger partial charge in [0.2, 0.25) is 11.5 Å². The van der Waals surface area contributed by atoms with Gasteiger partial charge in [-0.25, -0.2) is 0 Å². The first kappa shape index (κ1) is 35.8. The normalized spacial score (nSPS) is 13.5. The minimum atomic E-state index is 0.403. The number of hydrogen-bond donors (Lipinski definition) is 0. The second kappa shape index (κ2) is 16.3. The number of aryl methyl sites for hydroxylation is 1. The van der Waals surface area contributed by atoms with Crippen molar-refractivity contribution in [3.8, 4) is 56.9 Å². The molecule has 0 bridgehead atoms. The number of likely N-dealkylation sites (tertiary alicyclic amines) is 1. The van der Waals surface area contributed by atoms with Gasteiger partial charge in [0, 0.05) is 61.9 Å². The molecule has 1 aliphatic rings. The highest BCUT2D eigenvalue weighted by Gasteiger charge is 2.27. The van der Waals surface area contributed by atoms with E-state index in [9.17, 15) is 0 Å². The van der Waals surface area contributed by atoms with Crippen LogP contribution in [0.4, 0.5) is 5.00 Å². The summed E-state index contributed by atoms with van der Waals surface area (Å²) in [6.45, 7) is 5.76. The lowest BCUT2D eigenvalue weighted by Crippen LogP contribution is -2.44. The molecule has 268 valence electrons. The molecule has 1 aliphatic heterocycles. The van der Waals surface area contributed by atoms with Gasteiger partial charge in [0.25, 0.3) is 0 Å². The van der Waals surface area contributed by atoms with Crippen LogP contribution in [0.1, 0.15) is 29.5 Å². The molecular weight excluding hydrogens is 665 g/mol. The average molecular weight is 711 g/mol. The van der Waals surface area contributed by atoms with Crippen molar-refractivity contribution in [2.24, 2.45) is 0 Å². The van der Waals surface area contributed by atoms with E-state index in [1.54, 1.807) is 42.7 Å². The lowest BCUT2D eigenvalue weighted by molar-refractivity contribution is 0.201. The average Bonchev–Trinajstić information content (AvgIpc) is 3.61. The third-order valence-corrected chi connectivity index (χ3v) is 10.4. The first-order valence-corrected chi connectivity index (χ1v) is 17.8. The molecule has 11 heteroatoms. The van der Waals surface area contributed by atoms with E-state index in [4.69, 9.17) is 33.4 Å². The van der Waals surface area contributed by atoms with Gasteiger partial charge >= 0.3 is 0 Å². The second-order valence-electron chi connectivity index (χ2n) is 12.6. The number of nitrogens with zero attached hydrogens (tertiary/aromatic N) is 4. The second-order valence-corrected chi connectivity index (χ2v) is 13.4. The standard InChI is InChI=1S/C40H46N4O6S/c1-26-14-38(51-25-26)44(24-27-8-11-42-33(16-27)30-19-36(47-4)40(50-7)37(20-30)48-5)32-9-12-43(13-10-32)23-28-15-31(22-41-21-28)29-17-34(45-2)39(49-6)35(18-29)46-3/h8,11,14-22,25,32H,9-10,12-13,23-24H2,1-7H3. The SMILES string of the molecule is COc1cc(-c2cncc(CN3CCC(N(Cc4ccnc(-c5cc(OC)c(OC)c(OC)c5)c4)c4cc(C)cs4)CC3)c2)cc(OC)c1OC. The number of thiophene rings is 1. The van der Waals surface area contributed by atoms with Crippen LogP contribution in [0.3, 0.4) is 0 Å². The van der Waals surface area contributed by atoms with Crippen molar-refractivity contribution >= 4 is 16.3 Å². The summed E-state index contributed by atoms with van der Waals surface area (Å²) in [6, 6.07) is 17.0. The van der Waals surface area contributed by atoms with Crippen LogP contribution in [-0.2, 0) is 13.1 Å². The number of pyridine rings is 2. The Morgan fingerprint density at radius 1 is 0.706 bits per heavy atom. The van der Waals surface area contributed by atoms with E-state index in [2.05, 4.69) is 51.4 Å². The molecule has 51 heavy (non-hydrogen) atoms. The molecule has 1 saturated heterocycles. The smallest absolute Gasteiger partial charge is 0.203 e. The van der Waals surface area contributed by atoms with Gasteiger partial charge in [0.15, 0.2) is 23.0 Å². The van der Waals surface area contributed by atoms with Gasteiger partial charge < -0.3 is 33.3 Å². The zero-order chi connectivity index (χ0) is 35.9. The molecule has 0 unspecified atom stereocenters. The summed E-state index contributed by atoms with van der Waals surface area (Å²) in [5, 5.41) is 3.53. The van der Waals surface area contributed by atoms with Crippen LogP contribution in [-0.4, -0.2) is 76.7 Å². The molecule has 5 aromatic rings. The van der Waals surface area contributed by atoms with E-state index >= 15 is 0 Å². The first-order valence-electron chi connectivity index (χ1n) is 16.9. The third kappa shape index (κ3) is 8.00. The molecule has 0 saturated carbocycles. The summed E-state index contributed by atoms with van der Waals surface area (Å²) in [7, 11) is 9.74. The fraction of sp³-hybridized carbons (Fsp3) is 0.350. The van der Waals surface area contributed by atoms with Gasteiger partial charge in [0.1, 0.15) is 0 Å². The van der Waals surface area contributed by atoms with Crippen LogP contribution in [0.15, 0.2) is 72.5 Å². The minimum Gasteiger partial charge on any atom is -0.493 e. The summed E-state index contributed by atoms with van der Waals surface area (Å²) in [5.41, 5.74) is 7.37. The summed E-state index contributed by atoms with van der Waals surface area (Å²) >= 11 is 1.81. The first-order chi connectivity index (χ1) is 24.9. The number of aromatic nitrogens is 2. The zero-order valence-corrected chi connectivity index (χ0v) is 31.2. The number of ether oxygens (including phenoxy) is 6. The molecular formula is C40H46N4O6S. The monoisotopic (exact) mass is 710 g/mol. The quantitative estimate of drug-likeness (QED) is 0.113. The van der Waals surface area contributed by atoms with Crippen LogP contribution in [0, 0.1) is 6.92 Å². The zero-order valence-electron chi connectivity index (χ0n) is 30.4. The lowest BCUT2D eigenvalue weighted by Gasteiger charge is -2.39. The molecule has 6 rings (SSSR count). The van der Waals surface area contributed by atoms with E-state index < -0.39 is 0 Å². The Balaban J connectivity index is 1.17. The Kier molecular flexibility index (Phi) is 11.5. The maximum absolute atomic E-state index is 5.61. The van der Waals surface area contributed by atoms with Crippen molar-refractivity contribution < 1.29 is 28.4 Å². The maximum Gasteiger partial charge on any atom is 0.203 e. The van der Waals surface area contributed by atoms with Crippen molar-refractivity contribution in [3.63, 3.8) is 0 Å². The maximum atomic E-state index is 5.61. The number of piperidine rings is 1. The number of benzene rings is 2. The van der Waals surface area contributed by atoms with Gasteiger partial charge in [-0.1, -0.05) is 0 Å². The topological polar surface area (TPSA) is 87.6 Å². The van der Waals surface area contributed by atoms with Gasteiger partial charge in [-0.15, -0.1) is 11.3 Å². The predicted molar refractivity (Wildman–Crippen MR) is 202 cm³/mol. The van der Waals surface area contributed by atoms with Crippen molar-refractivity contribution in [3.05, 3.63) is 89.2 Å². The third-order valence-electron chi connectivity index (χ3n) is 9.33. The van der Waals surface area contributed by atoms with Gasteiger partial charge in [-0.05, 0) is 95.9 Å². The van der Waals surface area contributed by atoms with Crippen LogP contribution >= 0.6 is 11.3 Å². The van der Waals surface area contributed by atoms with Crippen LogP contribution in [0.25, 0.3) is 22.4 Å². The number of hydrogen-bond acceptors (Lipinski definition) is 11. The van der Waals surface area contributed by atoms with Crippen LogP contribution < -0.4 is 33.3 Å². The molecule has 0 radical (unpaired) electrons. The molecule has 0 amide bonds.